The van der Waals surface area contributed by atoms with E-state index in [1.165, 1.54) is 0 Å². The van der Waals surface area contributed by atoms with Crippen molar-refractivity contribution in [2.75, 3.05) is 12.8 Å². The number of rotatable bonds is 3. The Bertz CT molecular complexity index is 472. The van der Waals surface area contributed by atoms with Gasteiger partial charge in [-0.05, 0) is 18.2 Å². The first kappa shape index (κ1) is 10.3. The Balaban J connectivity index is 2.28. The molecule has 0 aliphatic carbocycles. The number of benzene rings is 1. The molecule has 0 saturated heterocycles. The predicted octanol–water partition coefficient (Wildman–Crippen LogP) is 2.46. The van der Waals surface area contributed by atoms with Gasteiger partial charge >= 0.3 is 0 Å². The molecular formula is C12H12N2O2. The normalized spacial score (nSPS) is 9.81. The summed E-state index contributed by atoms with van der Waals surface area (Å²) in [6.07, 6.45) is 1.67. The maximum Gasteiger partial charge on any atom is 0.219 e. The molecule has 16 heavy (non-hydrogen) atoms. The van der Waals surface area contributed by atoms with E-state index < -0.39 is 0 Å². The summed E-state index contributed by atoms with van der Waals surface area (Å²) in [5.41, 5.74) is 6.28. The van der Waals surface area contributed by atoms with Gasteiger partial charge in [0, 0.05) is 24.0 Å². The Kier molecular flexibility index (Phi) is 2.91. The SMILES string of the molecule is COc1cc(N)ccc1Oc1ccccn1. The first-order chi connectivity index (χ1) is 7.79. The third-order valence-electron chi connectivity index (χ3n) is 2.04. The lowest BCUT2D eigenvalue weighted by Crippen LogP contribution is -1.93. The second-order valence-electron chi connectivity index (χ2n) is 3.18. The van der Waals surface area contributed by atoms with Crippen LogP contribution in [0.5, 0.6) is 17.4 Å². The van der Waals surface area contributed by atoms with Gasteiger partial charge in [-0.15, -0.1) is 0 Å². The van der Waals surface area contributed by atoms with E-state index in [0.29, 0.717) is 23.1 Å². The quantitative estimate of drug-likeness (QED) is 0.801. The van der Waals surface area contributed by atoms with Gasteiger partial charge in [-0.1, -0.05) is 6.07 Å². The average Bonchev–Trinajstić information content (AvgIpc) is 2.33. The molecule has 2 rings (SSSR count). The highest BCUT2D eigenvalue weighted by Gasteiger charge is 2.05. The highest BCUT2D eigenvalue weighted by atomic mass is 16.5. The van der Waals surface area contributed by atoms with Crippen molar-refractivity contribution < 1.29 is 9.47 Å². The monoisotopic (exact) mass is 216 g/mol. The van der Waals surface area contributed by atoms with Crippen LogP contribution in [0.15, 0.2) is 42.6 Å². The molecule has 0 radical (unpaired) electrons. The van der Waals surface area contributed by atoms with Crippen LogP contribution in [0.3, 0.4) is 0 Å². The van der Waals surface area contributed by atoms with Gasteiger partial charge < -0.3 is 15.2 Å². The molecule has 0 aliphatic rings. The molecule has 1 aromatic heterocycles. The molecule has 82 valence electrons. The topological polar surface area (TPSA) is 57.4 Å². The zero-order valence-electron chi connectivity index (χ0n) is 8.88. The number of aromatic nitrogens is 1. The van der Waals surface area contributed by atoms with E-state index >= 15 is 0 Å². The first-order valence-electron chi connectivity index (χ1n) is 4.82. The van der Waals surface area contributed by atoms with Gasteiger partial charge in [0.2, 0.25) is 5.88 Å². The van der Waals surface area contributed by atoms with Crippen molar-refractivity contribution in [3.8, 4) is 17.4 Å². The zero-order valence-corrected chi connectivity index (χ0v) is 8.88. The predicted molar refractivity (Wildman–Crippen MR) is 61.7 cm³/mol. The number of nitrogen functional groups attached to an aromatic ring is 1. The molecule has 4 nitrogen and oxygen atoms in total. The first-order valence-corrected chi connectivity index (χ1v) is 4.82. The number of anilines is 1. The van der Waals surface area contributed by atoms with Gasteiger partial charge in [-0.25, -0.2) is 4.98 Å². The van der Waals surface area contributed by atoms with Crippen LogP contribution < -0.4 is 15.2 Å². The van der Waals surface area contributed by atoms with Crippen molar-refractivity contribution in [1.82, 2.24) is 4.98 Å². The minimum atomic E-state index is 0.519. The van der Waals surface area contributed by atoms with Crippen LogP contribution in [-0.2, 0) is 0 Å². The van der Waals surface area contributed by atoms with Crippen LogP contribution in [0.25, 0.3) is 0 Å². The van der Waals surface area contributed by atoms with E-state index in [1.807, 2.05) is 12.1 Å². The summed E-state index contributed by atoms with van der Waals surface area (Å²) in [6, 6.07) is 10.7. The molecule has 0 unspecified atom stereocenters. The van der Waals surface area contributed by atoms with E-state index in [1.54, 1.807) is 37.6 Å². The lowest BCUT2D eigenvalue weighted by Gasteiger charge is -2.09. The third kappa shape index (κ3) is 2.23. The fourth-order valence-corrected chi connectivity index (χ4v) is 1.29. The van der Waals surface area contributed by atoms with E-state index in [4.69, 9.17) is 15.2 Å². The minimum absolute atomic E-state index is 0.519. The Hall–Kier alpha value is -2.23. The van der Waals surface area contributed by atoms with E-state index in [9.17, 15) is 0 Å². The van der Waals surface area contributed by atoms with Crippen molar-refractivity contribution in [2.45, 2.75) is 0 Å². The summed E-state index contributed by atoms with van der Waals surface area (Å²) in [4.78, 5) is 4.06. The molecule has 0 fully saturated rings. The number of nitrogens with two attached hydrogens (primary N) is 1. The molecule has 4 heteroatoms. The second-order valence-corrected chi connectivity index (χ2v) is 3.18. The van der Waals surface area contributed by atoms with Crippen LogP contribution in [0.4, 0.5) is 5.69 Å². The molecule has 0 amide bonds. The van der Waals surface area contributed by atoms with Crippen molar-refractivity contribution >= 4 is 5.69 Å². The molecule has 1 heterocycles. The second kappa shape index (κ2) is 4.53. The Labute approximate surface area is 93.6 Å². The highest BCUT2D eigenvalue weighted by molar-refractivity contribution is 5.52. The number of hydrogen-bond acceptors (Lipinski definition) is 4. The Morgan fingerprint density at radius 1 is 1.12 bits per heavy atom. The summed E-state index contributed by atoms with van der Waals surface area (Å²) in [7, 11) is 1.57. The summed E-state index contributed by atoms with van der Waals surface area (Å²) in [5, 5.41) is 0. The molecule has 0 aliphatic heterocycles. The number of pyridine rings is 1. The lowest BCUT2D eigenvalue weighted by atomic mass is 10.3. The van der Waals surface area contributed by atoms with Gasteiger partial charge in [-0.2, -0.15) is 0 Å². The van der Waals surface area contributed by atoms with Crippen LogP contribution >= 0.6 is 0 Å². The number of nitrogens with zero attached hydrogens (tertiary/aromatic N) is 1. The smallest absolute Gasteiger partial charge is 0.219 e. The number of methoxy groups -OCH3 is 1. The van der Waals surface area contributed by atoms with E-state index in [0.717, 1.165) is 0 Å². The number of hydrogen-bond donors (Lipinski definition) is 1. The fraction of sp³-hybridized carbons (Fsp3) is 0.0833. The molecule has 2 N–H and O–H groups in total. The maximum absolute atomic E-state index is 5.65. The van der Waals surface area contributed by atoms with Crippen LogP contribution in [0, 0.1) is 0 Å². The highest BCUT2D eigenvalue weighted by Crippen LogP contribution is 2.31. The van der Waals surface area contributed by atoms with Gasteiger partial charge in [0.05, 0.1) is 7.11 Å². The van der Waals surface area contributed by atoms with Gasteiger partial charge in [-0.3, -0.25) is 0 Å². The molecule has 0 atom stereocenters. The summed E-state index contributed by atoms with van der Waals surface area (Å²) in [6.45, 7) is 0. The Morgan fingerprint density at radius 2 is 2.00 bits per heavy atom. The average molecular weight is 216 g/mol. The van der Waals surface area contributed by atoms with Crippen LogP contribution in [0.2, 0.25) is 0 Å². The standard InChI is InChI=1S/C12H12N2O2/c1-15-11-8-9(13)5-6-10(11)16-12-4-2-3-7-14-12/h2-8H,13H2,1H3. The van der Waals surface area contributed by atoms with Crippen LogP contribution in [-0.4, -0.2) is 12.1 Å². The lowest BCUT2D eigenvalue weighted by molar-refractivity contribution is 0.374. The summed E-state index contributed by atoms with van der Waals surface area (Å²) >= 11 is 0. The molecule has 1 aromatic carbocycles. The fourth-order valence-electron chi connectivity index (χ4n) is 1.29. The van der Waals surface area contributed by atoms with Gasteiger partial charge in [0.1, 0.15) is 0 Å². The molecule has 0 spiro atoms. The van der Waals surface area contributed by atoms with Crippen molar-refractivity contribution in [3.05, 3.63) is 42.6 Å². The molecule has 0 bridgehead atoms. The number of ether oxygens (including phenoxy) is 2. The summed E-state index contributed by atoms with van der Waals surface area (Å²) < 4.78 is 10.7. The Morgan fingerprint density at radius 3 is 2.69 bits per heavy atom. The van der Waals surface area contributed by atoms with Crippen molar-refractivity contribution in [2.24, 2.45) is 0 Å². The summed E-state index contributed by atoms with van der Waals surface area (Å²) in [5.74, 6) is 1.70. The van der Waals surface area contributed by atoms with Crippen molar-refractivity contribution in [1.29, 1.82) is 0 Å². The third-order valence-corrected chi connectivity index (χ3v) is 2.04. The van der Waals surface area contributed by atoms with Crippen molar-refractivity contribution in [3.63, 3.8) is 0 Å². The maximum atomic E-state index is 5.65. The van der Waals surface area contributed by atoms with Gasteiger partial charge in [0.25, 0.3) is 0 Å². The minimum Gasteiger partial charge on any atom is -0.493 e. The molecule has 0 saturated carbocycles. The van der Waals surface area contributed by atoms with Gasteiger partial charge in [0.15, 0.2) is 11.5 Å². The van der Waals surface area contributed by atoms with E-state index in [2.05, 4.69) is 4.98 Å². The largest absolute Gasteiger partial charge is 0.493 e. The zero-order chi connectivity index (χ0) is 11.4. The van der Waals surface area contributed by atoms with Crippen LogP contribution in [0.1, 0.15) is 0 Å². The molecular weight excluding hydrogens is 204 g/mol. The molecule has 2 aromatic rings. The van der Waals surface area contributed by atoms with E-state index in [-0.39, 0.29) is 0 Å².